The zero-order valence-electron chi connectivity index (χ0n) is 14.2. The van der Waals surface area contributed by atoms with Gasteiger partial charge in [-0.2, -0.15) is 0 Å². The summed E-state index contributed by atoms with van der Waals surface area (Å²) in [4.78, 5) is 28.5. The van der Waals surface area contributed by atoms with Crippen LogP contribution in [-0.4, -0.2) is 37.3 Å². The lowest BCUT2D eigenvalue weighted by atomic mass is 9.68. The van der Waals surface area contributed by atoms with Crippen LogP contribution < -0.4 is 4.74 Å². The average Bonchev–Trinajstić information content (AvgIpc) is 2.53. The van der Waals surface area contributed by atoms with Crippen LogP contribution in [0.15, 0.2) is 40.6 Å². The van der Waals surface area contributed by atoms with Gasteiger partial charge in [-0.25, -0.2) is 0 Å². The van der Waals surface area contributed by atoms with Gasteiger partial charge in [0.1, 0.15) is 17.4 Å². The molecular weight excluding hydrogens is 310 g/mol. The highest BCUT2D eigenvalue weighted by Gasteiger charge is 2.46. The molecule has 0 aliphatic heterocycles. The van der Waals surface area contributed by atoms with Crippen molar-refractivity contribution in [3.05, 3.63) is 35.6 Å². The number of nitrogens with zero attached hydrogens (tertiary/aromatic N) is 1. The number of Topliss-reactive ketones (excluding diaryl/α,β-unsaturated/α-hetero) is 1. The van der Waals surface area contributed by atoms with E-state index in [1.165, 1.54) is 13.3 Å². The number of carbonyl (C=O) groups excluding carboxylic acids is 2. The van der Waals surface area contributed by atoms with E-state index >= 15 is 0 Å². The molecule has 0 saturated carbocycles. The molecule has 1 aliphatic rings. The largest absolute Gasteiger partial charge is 0.511 e. The van der Waals surface area contributed by atoms with Crippen LogP contribution in [0.1, 0.15) is 20.3 Å². The molecule has 24 heavy (non-hydrogen) atoms. The second-order valence-corrected chi connectivity index (χ2v) is 6.30. The molecule has 0 spiro atoms. The van der Waals surface area contributed by atoms with Crippen LogP contribution in [0.3, 0.4) is 0 Å². The Hall–Kier alpha value is -2.63. The van der Waals surface area contributed by atoms with Gasteiger partial charge in [0, 0.05) is 12.6 Å². The third kappa shape index (κ3) is 3.48. The molecule has 1 aromatic rings. The minimum atomic E-state index is -0.891. The Morgan fingerprint density at radius 1 is 1.29 bits per heavy atom. The number of rotatable bonds is 4. The Bertz CT molecular complexity index is 701. The number of benzene rings is 1. The highest BCUT2D eigenvalue weighted by Crippen LogP contribution is 2.41. The van der Waals surface area contributed by atoms with Crippen LogP contribution in [0.2, 0.25) is 0 Å². The number of hydrogen-bond acceptors (Lipinski definition) is 6. The lowest BCUT2D eigenvalue weighted by molar-refractivity contribution is -0.150. The van der Waals surface area contributed by atoms with Crippen molar-refractivity contribution < 1.29 is 24.2 Å². The molecule has 0 unspecified atom stereocenters. The number of aliphatic hydroxyl groups is 1. The highest BCUT2D eigenvalue weighted by molar-refractivity contribution is 6.15. The third-order valence-corrected chi connectivity index (χ3v) is 4.10. The van der Waals surface area contributed by atoms with E-state index in [0.717, 1.165) is 0 Å². The van der Waals surface area contributed by atoms with Gasteiger partial charge in [-0.05, 0) is 29.7 Å². The van der Waals surface area contributed by atoms with E-state index in [1.807, 2.05) is 0 Å². The molecule has 1 N–H and O–H groups in total. The Kier molecular flexibility index (Phi) is 5.07. The van der Waals surface area contributed by atoms with E-state index in [1.54, 1.807) is 45.2 Å². The van der Waals surface area contributed by atoms with E-state index in [-0.39, 0.29) is 23.5 Å². The van der Waals surface area contributed by atoms with E-state index in [0.29, 0.717) is 11.4 Å². The third-order valence-electron chi connectivity index (χ3n) is 4.10. The fraction of sp³-hybridized carbons (Fsp3) is 0.389. The molecule has 1 atom stereocenters. The van der Waals surface area contributed by atoms with Crippen molar-refractivity contribution in [3.63, 3.8) is 0 Å². The van der Waals surface area contributed by atoms with Crippen LogP contribution in [0.4, 0.5) is 5.69 Å². The topological polar surface area (TPSA) is 85.2 Å². The molecule has 1 aliphatic carbocycles. The molecule has 6 heteroatoms. The van der Waals surface area contributed by atoms with Gasteiger partial charge in [-0.1, -0.05) is 13.8 Å². The first-order chi connectivity index (χ1) is 11.3. The SMILES string of the molecule is COC(=O)[C@H]1C(O)=C(C=Nc2ccc(OC)cc2)C(=O)CC1(C)C. The monoisotopic (exact) mass is 331 g/mol. The fourth-order valence-electron chi connectivity index (χ4n) is 2.77. The molecule has 6 nitrogen and oxygen atoms in total. The lowest BCUT2D eigenvalue weighted by Crippen LogP contribution is -2.40. The Morgan fingerprint density at radius 2 is 1.92 bits per heavy atom. The maximum absolute atomic E-state index is 12.3. The second kappa shape index (κ2) is 6.86. The molecule has 0 bridgehead atoms. The highest BCUT2D eigenvalue weighted by atomic mass is 16.5. The van der Waals surface area contributed by atoms with Crippen LogP contribution in [-0.2, 0) is 14.3 Å². The van der Waals surface area contributed by atoms with Gasteiger partial charge in [-0.15, -0.1) is 0 Å². The van der Waals surface area contributed by atoms with Crippen molar-refractivity contribution >= 4 is 23.7 Å². The minimum absolute atomic E-state index is 0.0422. The number of aliphatic imine (C=N–C) groups is 1. The van der Waals surface area contributed by atoms with Gasteiger partial charge >= 0.3 is 5.97 Å². The van der Waals surface area contributed by atoms with Crippen molar-refractivity contribution in [1.29, 1.82) is 0 Å². The molecule has 1 aromatic carbocycles. The standard InChI is InChI=1S/C18H21NO5/c1-18(2)9-14(20)13(16(21)15(18)17(22)24-4)10-19-11-5-7-12(23-3)8-6-11/h5-8,10,15,21H,9H2,1-4H3/t15-/m1/s1. The second-order valence-electron chi connectivity index (χ2n) is 6.30. The number of ketones is 1. The molecule has 0 saturated heterocycles. The summed E-state index contributed by atoms with van der Waals surface area (Å²) in [6.45, 7) is 3.50. The van der Waals surface area contributed by atoms with Crippen molar-refractivity contribution in [3.8, 4) is 5.75 Å². The maximum Gasteiger partial charge on any atom is 0.316 e. The predicted molar refractivity (Wildman–Crippen MR) is 89.7 cm³/mol. The van der Waals surface area contributed by atoms with E-state index in [9.17, 15) is 14.7 Å². The number of esters is 1. The van der Waals surface area contributed by atoms with Crippen LogP contribution >= 0.6 is 0 Å². The molecule has 0 fully saturated rings. The summed E-state index contributed by atoms with van der Waals surface area (Å²) in [5.41, 5.74) is -0.0741. The van der Waals surface area contributed by atoms with Gasteiger partial charge < -0.3 is 14.6 Å². The molecule has 128 valence electrons. The zero-order valence-corrected chi connectivity index (χ0v) is 14.2. The predicted octanol–water partition coefficient (Wildman–Crippen LogP) is 3.00. The zero-order chi connectivity index (χ0) is 17.9. The smallest absolute Gasteiger partial charge is 0.316 e. The molecule has 0 aromatic heterocycles. The summed E-state index contributed by atoms with van der Waals surface area (Å²) in [6, 6.07) is 6.93. The summed E-state index contributed by atoms with van der Waals surface area (Å²) in [7, 11) is 2.82. The summed E-state index contributed by atoms with van der Waals surface area (Å²) in [5.74, 6) is -1.31. The van der Waals surface area contributed by atoms with E-state index in [2.05, 4.69) is 4.99 Å². The molecule has 0 heterocycles. The van der Waals surface area contributed by atoms with Gasteiger partial charge in [0.25, 0.3) is 0 Å². The van der Waals surface area contributed by atoms with Crippen LogP contribution in [0.25, 0.3) is 0 Å². The normalized spacial score (nSPS) is 20.3. The van der Waals surface area contributed by atoms with E-state index in [4.69, 9.17) is 9.47 Å². The number of ether oxygens (including phenoxy) is 2. The minimum Gasteiger partial charge on any atom is -0.511 e. The van der Waals surface area contributed by atoms with Crippen molar-refractivity contribution in [2.24, 2.45) is 16.3 Å². The average molecular weight is 331 g/mol. The van der Waals surface area contributed by atoms with Crippen LogP contribution in [0, 0.1) is 11.3 Å². The van der Waals surface area contributed by atoms with Gasteiger partial charge in [-0.3, -0.25) is 14.6 Å². The van der Waals surface area contributed by atoms with E-state index < -0.39 is 17.3 Å². The van der Waals surface area contributed by atoms with Crippen molar-refractivity contribution in [2.45, 2.75) is 20.3 Å². The van der Waals surface area contributed by atoms with Crippen LogP contribution in [0.5, 0.6) is 5.75 Å². The first kappa shape index (κ1) is 17.7. The lowest BCUT2D eigenvalue weighted by Gasteiger charge is -2.35. The first-order valence-corrected chi connectivity index (χ1v) is 7.52. The summed E-state index contributed by atoms with van der Waals surface area (Å²) >= 11 is 0. The summed E-state index contributed by atoms with van der Waals surface area (Å²) < 4.78 is 9.83. The quantitative estimate of drug-likeness (QED) is 0.677. The molecule has 0 radical (unpaired) electrons. The van der Waals surface area contributed by atoms with Crippen molar-refractivity contribution in [2.75, 3.05) is 14.2 Å². The number of hydrogen-bond donors (Lipinski definition) is 1. The Morgan fingerprint density at radius 3 is 2.46 bits per heavy atom. The van der Waals surface area contributed by atoms with Crippen molar-refractivity contribution in [1.82, 2.24) is 0 Å². The first-order valence-electron chi connectivity index (χ1n) is 7.52. The number of aliphatic hydroxyl groups excluding tert-OH is 1. The Balaban J connectivity index is 2.36. The number of carbonyl (C=O) groups is 2. The molecule has 2 rings (SSSR count). The summed E-state index contributed by atoms with van der Waals surface area (Å²) in [6.07, 6.45) is 1.42. The molecular formula is C18H21NO5. The van der Waals surface area contributed by atoms with Gasteiger partial charge in [0.05, 0.1) is 25.5 Å². The summed E-state index contributed by atoms with van der Waals surface area (Å²) in [5, 5.41) is 10.4. The Labute approximate surface area is 140 Å². The molecule has 0 amide bonds. The fourth-order valence-corrected chi connectivity index (χ4v) is 2.77. The number of allylic oxidation sites excluding steroid dienone is 1. The maximum atomic E-state index is 12.3. The van der Waals surface area contributed by atoms with Gasteiger partial charge in [0.2, 0.25) is 0 Å². The number of methoxy groups -OCH3 is 2. The van der Waals surface area contributed by atoms with Gasteiger partial charge in [0.15, 0.2) is 5.78 Å².